The minimum absolute atomic E-state index is 0. The number of nitrogens with one attached hydrogen (secondary N) is 2. The van der Waals surface area contributed by atoms with Crippen molar-refractivity contribution in [1.29, 1.82) is 0 Å². The Hall–Kier alpha value is -3.44. The van der Waals surface area contributed by atoms with Crippen LogP contribution in [0, 0.1) is 6.92 Å². The minimum atomic E-state index is 0. The Balaban J connectivity index is 0.00000204. The van der Waals surface area contributed by atoms with Gasteiger partial charge in [0.05, 0.1) is 23.8 Å². The largest absolute Gasteiger partial charge is 0.342 e. The summed E-state index contributed by atoms with van der Waals surface area (Å²) in [5.41, 5.74) is 4.46. The van der Waals surface area contributed by atoms with Gasteiger partial charge in [-0.25, -0.2) is 9.97 Å². The number of hydrogen-bond acceptors (Lipinski definition) is 3. The Morgan fingerprint density at radius 2 is 1.50 bits per heavy atom. The van der Waals surface area contributed by atoms with Gasteiger partial charge < -0.3 is 9.97 Å². The maximum atomic E-state index is 4.47. The standard InChI is InChI=1S/C25H20N4S.H2/c1-3-24-27-13-23(29-24)15-4-6-17-18-7-5-16(22-12-26-14(2)28-22)11-21(18)25-19(8-9-30-25)20(17)10-15;/h4-13H,3H2,1-2H3,(H,26,28)(H,27,29);1H. The normalized spacial score (nSPS) is 11.8. The maximum Gasteiger partial charge on any atom is 0.106 e. The van der Waals surface area contributed by atoms with Crippen molar-refractivity contribution in [2.45, 2.75) is 20.3 Å². The van der Waals surface area contributed by atoms with E-state index in [-0.39, 0.29) is 1.43 Å². The van der Waals surface area contributed by atoms with Crippen molar-refractivity contribution in [3.05, 3.63) is 71.9 Å². The SMILES string of the molecule is CCc1ncc(-c2ccc3c(c2)c2ccsc2c2cc(-c4cnc(C)[nH]4)ccc32)[nH]1.[HH]. The number of imidazole rings is 2. The van der Waals surface area contributed by atoms with Gasteiger partial charge in [-0.15, -0.1) is 11.3 Å². The molecule has 3 heterocycles. The van der Waals surface area contributed by atoms with Gasteiger partial charge in [0.25, 0.3) is 0 Å². The second-order valence-corrected chi connectivity index (χ2v) is 8.58. The van der Waals surface area contributed by atoms with Crippen LogP contribution >= 0.6 is 11.3 Å². The molecule has 30 heavy (non-hydrogen) atoms. The van der Waals surface area contributed by atoms with Crippen molar-refractivity contribution in [3.8, 4) is 22.5 Å². The van der Waals surface area contributed by atoms with Crippen molar-refractivity contribution in [2.24, 2.45) is 0 Å². The van der Waals surface area contributed by atoms with Crippen molar-refractivity contribution in [2.75, 3.05) is 0 Å². The molecule has 0 saturated heterocycles. The molecule has 6 aromatic rings. The highest BCUT2D eigenvalue weighted by Gasteiger charge is 2.13. The zero-order valence-corrected chi connectivity index (χ0v) is 17.6. The van der Waals surface area contributed by atoms with E-state index < -0.39 is 0 Å². The first-order valence-electron chi connectivity index (χ1n) is 10.1. The first-order chi connectivity index (χ1) is 14.7. The number of thiophene rings is 1. The van der Waals surface area contributed by atoms with Crippen molar-refractivity contribution in [1.82, 2.24) is 19.9 Å². The molecule has 2 N–H and O–H groups in total. The van der Waals surface area contributed by atoms with Crippen LogP contribution in [0.25, 0.3) is 54.1 Å². The molecule has 4 nitrogen and oxygen atoms in total. The Kier molecular flexibility index (Phi) is 3.80. The lowest BCUT2D eigenvalue weighted by molar-refractivity contribution is 0.991. The third-order valence-electron chi connectivity index (χ3n) is 5.82. The molecule has 0 spiro atoms. The van der Waals surface area contributed by atoms with Crippen molar-refractivity contribution < 1.29 is 1.43 Å². The lowest BCUT2D eigenvalue weighted by Crippen LogP contribution is -1.85. The lowest BCUT2D eigenvalue weighted by Gasteiger charge is -2.10. The quantitative estimate of drug-likeness (QED) is 0.306. The maximum absolute atomic E-state index is 4.47. The van der Waals surface area contributed by atoms with E-state index in [0.29, 0.717) is 0 Å². The topological polar surface area (TPSA) is 57.4 Å². The summed E-state index contributed by atoms with van der Waals surface area (Å²) < 4.78 is 1.33. The van der Waals surface area contributed by atoms with E-state index in [1.54, 1.807) is 11.3 Å². The van der Waals surface area contributed by atoms with Crippen LogP contribution in [0.1, 0.15) is 20.0 Å². The van der Waals surface area contributed by atoms with Crippen LogP contribution in [-0.2, 0) is 6.42 Å². The third-order valence-corrected chi connectivity index (χ3v) is 6.77. The summed E-state index contributed by atoms with van der Waals surface area (Å²) in [6.07, 6.45) is 4.75. The summed E-state index contributed by atoms with van der Waals surface area (Å²) in [6, 6.07) is 15.7. The monoisotopic (exact) mass is 410 g/mol. The number of rotatable bonds is 3. The smallest absolute Gasteiger partial charge is 0.106 e. The molecule has 0 aliphatic heterocycles. The molecule has 0 amide bonds. The van der Waals surface area contributed by atoms with Crippen LogP contribution < -0.4 is 0 Å². The molecule has 0 aliphatic carbocycles. The highest BCUT2D eigenvalue weighted by molar-refractivity contribution is 7.18. The molecule has 0 saturated carbocycles. The van der Waals surface area contributed by atoms with Gasteiger partial charge >= 0.3 is 0 Å². The molecule has 3 aromatic heterocycles. The summed E-state index contributed by atoms with van der Waals surface area (Å²) in [5.74, 6) is 1.95. The lowest BCUT2D eigenvalue weighted by atomic mass is 9.95. The number of hydrogen-bond donors (Lipinski definition) is 2. The zero-order chi connectivity index (χ0) is 20.2. The van der Waals surface area contributed by atoms with Crippen molar-refractivity contribution >= 4 is 43.0 Å². The van der Waals surface area contributed by atoms with Crippen molar-refractivity contribution in [3.63, 3.8) is 0 Å². The van der Waals surface area contributed by atoms with E-state index in [4.69, 9.17) is 0 Å². The number of aryl methyl sites for hydroxylation is 2. The molecule has 0 atom stereocenters. The fourth-order valence-corrected chi connectivity index (χ4v) is 5.23. The van der Waals surface area contributed by atoms with E-state index in [0.717, 1.165) is 29.5 Å². The molecular formula is C25H22N4S. The summed E-state index contributed by atoms with van der Waals surface area (Å²) in [7, 11) is 0. The zero-order valence-electron chi connectivity index (χ0n) is 16.8. The van der Waals surface area contributed by atoms with E-state index >= 15 is 0 Å². The van der Waals surface area contributed by atoms with Crippen LogP contribution in [0.15, 0.2) is 60.2 Å². The fraction of sp³-hybridized carbons (Fsp3) is 0.120. The molecule has 0 aliphatic rings. The number of fused-ring (bicyclic) bond motifs is 6. The summed E-state index contributed by atoms with van der Waals surface area (Å²) in [6.45, 7) is 4.10. The first-order valence-corrected chi connectivity index (χ1v) is 11.0. The van der Waals surface area contributed by atoms with Crippen LogP contribution in [0.4, 0.5) is 0 Å². The molecular weight excluding hydrogens is 388 g/mol. The average Bonchev–Trinajstić information content (AvgIpc) is 3.53. The molecule has 0 fully saturated rings. The van der Waals surface area contributed by atoms with E-state index in [9.17, 15) is 0 Å². The number of benzene rings is 3. The van der Waals surface area contributed by atoms with Gasteiger partial charge in [-0.05, 0) is 46.7 Å². The van der Waals surface area contributed by atoms with Gasteiger partial charge in [0, 0.05) is 34.4 Å². The minimum Gasteiger partial charge on any atom is -0.342 e. The molecule has 0 radical (unpaired) electrons. The summed E-state index contributed by atoms with van der Waals surface area (Å²) in [5, 5.41) is 8.63. The van der Waals surface area contributed by atoms with Gasteiger partial charge in [-0.1, -0.05) is 31.2 Å². The van der Waals surface area contributed by atoms with Crippen LogP contribution in [-0.4, -0.2) is 19.9 Å². The van der Waals surface area contributed by atoms with Gasteiger partial charge in [-0.3, -0.25) is 0 Å². The van der Waals surface area contributed by atoms with E-state index in [1.165, 1.54) is 42.8 Å². The molecule has 5 heteroatoms. The van der Waals surface area contributed by atoms with Crippen LogP contribution in [0.5, 0.6) is 0 Å². The van der Waals surface area contributed by atoms with Gasteiger partial charge in [0.15, 0.2) is 0 Å². The fourth-order valence-electron chi connectivity index (χ4n) is 4.29. The van der Waals surface area contributed by atoms with Crippen LogP contribution in [0.3, 0.4) is 0 Å². The second kappa shape index (κ2) is 6.54. The molecule has 3 aromatic carbocycles. The third kappa shape index (κ3) is 2.59. The van der Waals surface area contributed by atoms with E-state index in [2.05, 4.69) is 74.7 Å². The second-order valence-electron chi connectivity index (χ2n) is 7.66. The molecule has 148 valence electrons. The Bertz CT molecular complexity index is 1560. The van der Waals surface area contributed by atoms with Gasteiger partial charge in [0.1, 0.15) is 11.6 Å². The number of aromatic amines is 2. The van der Waals surface area contributed by atoms with E-state index in [1.807, 2.05) is 19.3 Å². The molecule has 6 rings (SSSR count). The first kappa shape index (κ1) is 17.4. The number of aromatic nitrogens is 4. The number of nitrogens with zero attached hydrogens (tertiary/aromatic N) is 2. The number of H-pyrrole nitrogens is 2. The summed E-state index contributed by atoms with van der Waals surface area (Å²) >= 11 is 1.80. The van der Waals surface area contributed by atoms with Gasteiger partial charge in [0.2, 0.25) is 0 Å². The summed E-state index contributed by atoms with van der Waals surface area (Å²) in [4.78, 5) is 15.6. The Morgan fingerprint density at radius 1 is 0.800 bits per heavy atom. The Morgan fingerprint density at radius 3 is 2.20 bits per heavy atom. The molecule has 0 bridgehead atoms. The predicted octanol–water partition coefficient (Wildman–Crippen LogP) is 7.10. The molecule has 0 unspecified atom stereocenters. The highest BCUT2D eigenvalue weighted by Crippen LogP contribution is 2.40. The highest BCUT2D eigenvalue weighted by atomic mass is 32.1. The average molecular weight is 411 g/mol. The van der Waals surface area contributed by atoms with Crippen LogP contribution in [0.2, 0.25) is 0 Å². The predicted molar refractivity (Wildman–Crippen MR) is 128 cm³/mol. The Labute approximate surface area is 179 Å². The van der Waals surface area contributed by atoms with Gasteiger partial charge in [-0.2, -0.15) is 0 Å².